The Morgan fingerprint density at radius 2 is 2.17 bits per heavy atom. The molecule has 66 valence electrons. The zero-order valence-electron chi connectivity index (χ0n) is 7.11. The number of aryl methyl sites for hydroxylation is 1. The summed E-state index contributed by atoms with van der Waals surface area (Å²) >= 11 is 5.62. The van der Waals surface area contributed by atoms with E-state index in [0.29, 0.717) is 0 Å². The average molecular weight is 187 g/mol. The van der Waals surface area contributed by atoms with E-state index in [0.717, 1.165) is 24.8 Å². The van der Waals surface area contributed by atoms with Crippen LogP contribution in [0.4, 0.5) is 4.39 Å². The van der Waals surface area contributed by atoms with Gasteiger partial charge < -0.3 is 0 Å². The van der Waals surface area contributed by atoms with Gasteiger partial charge in [0.05, 0.1) is 5.02 Å². The predicted octanol–water partition coefficient (Wildman–Crippen LogP) is 3.82. The normalized spacial score (nSPS) is 10.2. The molecule has 0 aliphatic carbocycles. The van der Waals surface area contributed by atoms with Crippen molar-refractivity contribution in [2.75, 3.05) is 0 Å². The van der Waals surface area contributed by atoms with Gasteiger partial charge in [-0.1, -0.05) is 37.1 Å². The van der Waals surface area contributed by atoms with Gasteiger partial charge >= 0.3 is 0 Å². The smallest absolute Gasteiger partial charge is 0.144 e. The first kappa shape index (κ1) is 9.53. The molecule has 0 unspecified atom stereocenters. The molecule has 0 amide bonds. The number of rotatable bonds is 3. The minimum atomic E-state index is -0.257. The van der Waals surface area contributed by atoms with Gasteiger partial charge in [0.15, 0.2) is 0 Å². The van der Waals surface area contributed by atoms with Gasteiger partial charge in [0.2, 0.25) is 0 Å². The van der Waals surface area contributed by atoms with Gasteiger partial charge in [0.1, 0.15) is 5.82 Å². The Labute approximate surface area is 77.4 Å². The van der Waals surface area contributed by atoms with Crippen molar-refractivity contribution in [3.8, 4) is 0 Å². The van der Waals surface area contributed by atoms with E-state index in [1.54, 1.807) is 18.2 Å². The van der Waals surface area contributed by atoms with Crippen molar-refractivity contribution in [3.63, 3.8) is 0 Å². The summed E-state index contributed by atoms with van der Waals surface area (Å²) in [6, 6.07) is 5.15. The molecule has 2 heteroatoms. The molecule has 0 aliphatic heterocycles. The van der Waals surface area contributed by atoms with Crippen LogP contribution in [-0.4, -0.2) is 0 Å². The Balaban J connectivity index is 2.78. The third kappa shape index (κ3) is 2.21. The van der Waals surface area contributed by atoms with E-state index in [9.17, 15) is 4.39 Å². The molecule has 0 aliphatic rings. The summed E-state index contributed by atoms with van der Waals surface area (Å²) in [5.74, 6) is -0.257. The Morgan fingerprint density at radius 3 is 2.83 bits per heavy atom. The van der Waals surface area contributed by atoms with Gasteiger partial charge in [-0.3, -0.25) is 0 Å². The Morgan fingerprint density at radius 1 is 1.42 bits per heavy atom. The van der Waals surface area contributed by atoms with Crippen LogP contribution in [0.25, 0.3) is 0 Å². The zero-order valence-corrected chi connectivity index (χ0v) is 7.87. The van der Waals surface area contributed by atoms with Gasteiger partial charge in [-0.15, -0.1) is 0 Å². The highest BCUT2D eigenvalue weighted by atomic mass is 35.5. The number of benzene rings is 1. The molecule has 0 saturated carbocycles. The number of halogens is 2. The second-order valence-corrected chi connectivity index (χ2v) is 3.22. The highest BCUT2D eigenvalue weighted by Crippen LogP contribution is 2.19. The standard InChI is InChI=1S/C10H12ClF/c1-2-3-5-8-6-4-7-9(11)10(8)12/h4,6-7H,2-3,5H2,1H3. The van der Waals surface area contributed by atoms with Crippen LogP contribution in [0.15, 0.2) is 18.2 Å². The zero-order chi connectivity index (χ0) is 8.97. The molecule has 0 N–H and O–H groups in total. The van der Waals surface area contributed by atoms with E-state index in [2.05, 4.69) is 6.92 Å². The predicted molar refractivity (Wildman–Crippen MR) is 50.0 cm³/mol. The lowest BCUT2D eigenvalue weighted by Gasteiger charge is -2.02. The fourth-order valence-electron chi connectivity index (χ4n) is 1.11. The van der Waals surface area contributed by atoms with Gasteiger partial charge in [-0.2, -0.15) is 0 Å². The van der Waals surface area contributed by atoms with E-state index in [-0.39, 0.29) is 10.8 Å². The molecule has 1 rings (SSSR count). The summed E-state index contributed by atoms with van der Waals surface area (Å²) in [6.07, 6.45) is 2.87. The first-order chi connectivity index (χ1) is 5.75. The molecule has 0 radical (unpaired) electrons. The molecular weight excluding hydrogens is 175 g/mol. The Kier molecular flexibility index (Phi) is 3.54. The highest BCUT2D eigenvalue weighted by molar-refractivity contribution is 6.30. The summed E-state index contributed by atoms with van der Waals surface area (Å²) in [5, 5.41) is 0.226. The van der Waals surface area contributed by atoms with Crippen molar-refractivity contribution >= 4 is 11.6 Å². The van der Waals surface area contributed by atoms with Crippen molar-refractivity contribution in [2.24, 2.45) is 0 Å². The molecule has 0 nitrogen and oxygen atoms in total. The molecule has 0 heterocycles. The van der Waals surface area contributed by atoms with Crippen molar-refractivity contribution in [1.82, 2.24) is 0 Å². The number of hydrogen-bond donors (Lipinski definition) is 0. The molecule has 0 bridgehead atoms. The van der Waals surface area contributed by atoms with Crippen LogP contribution < -0.4 is 0 Å². The third-order valence-corrected chi connectivity index (χ3v) is 2.12. The van der Waals surface area contributed by atoms with Gasteiger partial charge in [-0.25, -0.2) is 4.39 Å². The molecule has 12 heavy (non-hydrogen) atoms. The maximum Gasteiger partial charge on any atom is 0.144 e. The van der Waals surface area contributed by atoms with E-state index < -0.39 is 0 Å². The van der Waals surface area contributed by atoms with E-state index >= 15 is 0 Å². The average Bonchev–Trinajstić information content (AvgIpc) is 2.08. The molecule has 0 aromatic heterocycles. The van der Waals surface area contributed by atoms with Crippen LogP contribution in [0.5, 0.6) is 0 Å². The Bertz CT molecular complexity index is 258. The molecule has 0 saturated heterocycles. The van der Waals surface area contributed by atoms with E-state index in [4.69, 9.17) is 11.6 Å². The summed E-state index contributed by atoms with van der Waals surface area (Å²) in [6.45, 7) is 2.09. The van der Waals surface area contributed by atoms with Gasteiger partial charge in [0, 0.05) is 0 Å². The number of unbranched alkanes of at least 4 members (excludes halogenated alkanes) is 1. The second kappa shape index (κ2) is 4.46. The largest absolute Gasteiger partial charge is 0.205 e. The maximum absolute atomic E-state index is 13.2. The van der Waals surface area contributed by atoms with Crippen molar-refractivity contribution in [1.29, 1.82) is 0 Å². The summed E-state index contributed by atoms with van der Waals surface area (Å²) in [7, 11) is 0. The Hall–Kier alpha value is -0.560. The lowest BCUT2D eigenvalue weighted by atomic mass is 10.1. The lowest BCUT2D eigenvalue weighted by Crippen LogP contribution is -1.90. The first-order valence-electron chi connectivity index (χ1n) is 4.18. The van der Waals surface area contributed by atoms with Crippen LogP contribution in [0.3, 0.4) is 0 Å². The monoisotopic (exact) mass is 186 g/mol. The van der Waals surface area contributed by atoms with E-state index in [1.807, 2.05) is 0 Å². The minimum Gasteiger partial charge on any atom is -0.205 e. The van der Waals surface area contributed by atoms with Crippen LogP contribution in [0, 0.1) is 5.82 Å². The summed E-state index contributed by atoms with van der Waals surface area (Å²) in [4.78, 5) is 0. The molecular formula is C10H12ClF. The molecule has 0 atom stereocenters. The maximum atomic E-state index is 13.2. The van der Waals surface area contributed by atoms with Crippen molar-refractivity contribution < 1.29 is 4.39 Å². The topological polar surface area (TPSA) is 0 Å². The summed E-state index contributed by atoms with van der Waals surface area (Å²) in [5.41, 5.74) is 0.726. The highest BCUT2D eigenvalue weighted by Gasteiger charge is 2.04. The fraction of sp³-hybridized carbons (Fsp3) is 0.400. The van der Waals surface area contributed by atoms with Crippen LogP contribution in [-0.2, 0) is 6.42 Å². The fourth-order valence-corrected chi connectivity index (χ4v) is 1.30. The van der Waals surface area contributed by atoms with Crippen LogP contribution in [0.1, 0.15) is 25.3 Å². The van der Waals surface area contributed by atoms with Crippen molar-refractivity contribution in [2.45, 2.75) is 26.2 Å². The minimum absolute atomic E-state index is 0.226. The van der Waals surface area contributed by atoms with Gasteiger partial charge in [0.25, 0.3) is 0 Å². The van der Waals surface area contributed by atoms with Crippen LogP contribution in [0.2, 0.25) is 5.02 Å². The first-order valence-corrected chi connectivity index (χ1v) is 4.56. The lowest BCUT2D eigenvalue weighted by molar-refractivity contribution is 0.603. The molecule has 0 spiro atoms. The van der Waals surface area contributed by atoms with Crippen LogP contribution >= 0.6 is 11.6 Å². The summed E-state index contributed by atoms with van der Waals surface area (Å²) < 4.78 is 13.2. The molecule has 1 aromatic carbocycles. The second-order valence-electron chi connectivity index (χ2n) is 2.82. The number of hydrogen-bond acceptors (Lipinski definition) is 0. The molecule has 1 aromatic rings. The SMILES string of the molecule is CCCCc1cccc(Cl)c1F. The van der Waals surface area contributed by atoms with Gasteiger partial charge in [-0.05, 0) is 24.5 Å². The van der Waals surface area contributed by atoms with E-state index in [1.165, 1.54) is 0 Å². The molecule has 0 fully saturated rings. The third-order valence-electron chi connectivity index (χ3n) is 1.83. The quantitative estimate of drug-likeness (QED) is 0.673. The van der Waals surface area contributed by atoms with Crippen molar-refractivity contribution in [3.05, 3.63) is 34.6 Å².